The van der Waals surface area contributed by atoms with Crippen LogP contribution in [0.3, 0.4) is 0 Å². The second-order valence-corrected chi connectivity index (χ2v) is 4.27. The van der Waals surface area contributed by atoms with Crippen molar-refractivity contribution in [3.63, 3.8) is 0 Å². The SMILES string of the molecule is CC(=O)Nc1ccc(OC(=O)CCCBr)cc1. The maximum atomic E-state index is 11.3. The zero-order valence-electron chi connectivity index (χ0n) is 9.53. The number of esters is 1. The van der Waals surface area contributed by atoms with Gasteiger partial charge in [0.25, 0.3) is 0 Å². The van der Waals surface area contributed by atoms with E-state index in [9.17, 15) is 9.59 Å². The molecule has 1 aromatic carbocycles. The quantitative estimate of drug-likeness (QED) is 0.517. The Bertz CT molecular complexity index is 389. The van der Waals surface area contributed by atoms with E-state index in [-0.39, 0.29) is 11.9 Å². The molecule has 0 radical (unpaired) electrons. The van der Waals surface area contributed by atoms with Crippen LogP contribution < -0.4 is 10.1 Å². The van der Waals surface area contributed by atoms with Gasteiger partial charge in [0.1, 0.15) is 5.75 Å². The van der Waals surface area contributed by atoms with E-state index in [2.05, 4.69) is 21.2 Å². The number of ether oxygens (including phenoxy) is 1. The summed E-state index contributed by atoms with van der Waals surface area (Å²) in [7, 11) is 0. The molecular formula is C12H14BrNO3. The van der Waals surface area contributed by atoms with Crippen LogP contribution in [0.25, 0.3) is 0 Å². The smallest absolute Gasteiger partial charge is 0.311 e. The Kier molecular flexibility index (Phi) is 5.69. The van der Waals surface area contributed by atoms with E-state index in [1.807, 2.05) is 0 Å². The molecular weight excluding hydrogens is 286 g/mol. The molecule has 0 atom stereocenters. The van der Waals surface area contributed by atoms with Gasteiger partial charge >= 0.3 is 5.97 Å². The summed E-state index contributed by atoms with van der Waals surface area (Å²) in [6.45, 7) is 1.44. The number of hydrogen-bond acceptors (Lipinski definition) is 3. The van der Waals surface area contributed by atoms with Gasteiger partial charge in [-0.2, -0.15) is 0 Å². The third-order valence-electron chi connectivity index (χ3n) is 1.92. The topological polar surface area (TPSA) is 55.4 Å². The minimum atomic E-state index is -0.253. The molecule has 0 aliphatic heterocycles. The zero-order chi connectivity index (χ0) is 12.7. The van der Waals surface area contributed by atoms with Crippen LogP contribution in [0.4, 0.5) is 5.69 Å². The standard InChI is InChI=1S/C12H14BrNO3/c1-9(15)14-10-4-6-11(7-5-10)17-12(16)3-2-8-13/h4-7H,2-3,8H2,1H3,(H,14,15). The van der Waals surface area contributed by atoms with Gasteiger partial charge in [-0.1, -0.05) is 15.9 Å². The van der Waals surface area contributed by atoms with Gasteiger partial charge in [-0.3, -0.25) is 9.59 Å². The van der Waals surface area contributed by atoms with E-state index in [4.69, 9.17) is 4.74 Å². The summed E-state index contributed by atoms with van der Waals surface area (Å²) in [6.07, 6.45) is 1.14. The lowest BCUT2D eigenvalue weighted by molar-refractivity contribution is -0.134. The van der Waals surface area contributed by atoms with Crippen LogP contribution in [0.1, 0.15) is 19.8 Å². The summed E-state index contributed by atoms with van der Waals surface area (Å²) >= 11 is 3.25. The van der Waals surface area contributed by atoms with Crippen LogP contribution in [0.15, 0.2) is 24.3 Å². The number of anilines is 1. The van der Waals surface area contributed by atoms with E-state index in [0.717, 1.165) is 11.8 Å². The average molecular weight is 300 g/mol. The Balaban J connectivity index is 2.50. The van der Waals surface area contributed by atoms with Crippen LogP contribution >= 0.6 is 15.9 Å². The van der Waals surface area contributed by atoms with Crippen molar-refractivity contribution in [3.8, 4) is 5.75 Å². The number of rotatable bonds is 5. The van der Waals surface area contributed by atoms with E-state index in [1.54, 1.807) is 24.3 Å². The Labute approximate surface area is 108 Å². The number of alkyl halides is 1. The van der Waals surface area contributed by atoms with Gasteiger partial charge in [0.05, 0.1) is 0 Å². The van der Waals surface area contributed by atoms with E-state index >= 15 is 0 Å². The molecule has 1 aromatic rings. The van der Waals surface area contributed by atoms with Crippen LogP contribution in [0.5, 0.6) is 5.75 Å². The Morgan fingerprint density at radius 1 is 1.29 bits per heavy atom. The largest absolute Gasteiger partial charge is 0.427 e. The number of benzene rings is 1. The van der Waals surface area contributed by atoms with E-state index in [1.165, 1.54) is 6.92 Å². The fourth-order valence-electron chi connectivity index (χ4n) is 1.20. The fraction of sp³-hybridized carbons (Fsp3) is 0.333. The van der Waals surface area contributed by atoms with Crippen LogP contribution in [0.2, 0.25) is 0 Å². The van der Waals surface area contributed by atoms with Gasteiger partial charge in [0.2, 0.25) is 5.91 Å². The predicted molar refractivity (Wildman–Crippen MR) is 69.4 cm³/mol. The molecule has 0 bridgehead atoms. The molecule has 4 nitrogen and oxygen atoms in total. The molecule has 1 amide bonds. The molecule has 92 valence electrons. The molecule has 0 unspecified atom stereocenters. The minimum Gasteiger partial charge on any atom is -0.427 e. The van der Waals surface area contributed by atoms with Crippen molar-refractivity contribution < 1.29 is 14.3 Å². The summed E-state index contributed by atoms with van der Waals surface area (Å²) in [5.41, 5.74) is 0.678. The molecule has 0 spiro atoms. The van der Waals surface area contributed by atoms with Crippen LogP contribution in [-0.4, -0.2) is 17.2 Å². The summed E-state index contributed by atoms with van der Waals surface area (Å²) < 4.78 is 5.10. The van der Waals surface area contributed by atoms with Gasteiger partial charge in [-0.15, -0.1) is 0 Å². The number of hydrogen-bond donors (Lipinski definition) is 1. The van der Waals surface area contributed by atoms with Gasteiger partial charge in [0.15, 0.2) is 0 Å². The van der Waals surface area contributed by atoms with Gasteiger partial charge < -0.3 is 10.1 Å². The highest BCUT2D eigenvalue weighted by atomic mass is 79.9. The minimum absolute atomic E-state index is 0.132. The molecule has 0 saturated heterocycles. The van der Waals surface area contributed by atoms with Crippen molar-refractivity contribution in [2.75, 3.05) is 10.6 Å². The first-order valence-corrected chi connectivity index (χ1v) is 6.38. The molecule has 17 heavy (non-hydrogen) atoms. The summed E-state index contributed by atoms with van der Waals surface area (Å²) in [4.78, 5) is 22.1. The molecule has 0 fully saturated rings. The Morgan fingerprint density at radius 2 is 1.94 bits per heavy atom. The van der Waals surface area contributed by atoms with Crippen LogP contribution in [-0.2, 0) is 9.59 Å². The summed E-state index contributed by atoms with van der Waals surface area (Å²) in [5, 5.41) is 3.42. The lowest BCUT2D eigenvalue weighted by Gasteiger charge is -2.05. The molecule has 0 aliphatic carbocycles. The molecule has 0 saturated carbocycles. The van der Waals surface area contributed by atoms with E-state index in [0.29, 0.717) is 17.9 Å². The van der Waals surface area contributed by atoms with Crippen molar-refractivity contribution >= 4 is 33.5 Å². The first-order chi connectivity index (χ1) is 8.11. The second kappa shape index (κ2) is 7.06. The summed E-state index contributed by atoms with van der Waals surface area (Å²) in [6, 6.07) is 6.68. The van der Waals surface area contributed by atoms with Crippen molar-refractivity contribution in [1.82, 2.24) is 0 Å². The van der Waals surface area contributed by atoms with Gasteiger partial charge in [-0.25, -0.2) is 0 Å². The molecule has 1 N–H and O–H groups in total. The summed E-state index contributed by atoms with van der Waals surface area (Å²) in [5.74, 6) is 0.0995. The molecule has 0 aromatic heterocycles. The maximum Gasteiger partial charge on any atom is 0.311 e. The number of nitrogens with one attached hydrogen (secondary N) is 1. The molecule has 0 heterocycles. The molecule has 5 heteroatoms. The first-order valence-electron chi connectivity index (χ1n) is 5.26. The first kappa shape index (κ1) is 13.7. The average Bonchev–Trinajstić information content (AvgIpc) is 2.28. The fourth-order valence-corrected chi connectivity index (χ4v) is 1.48. The van der Waals surface area contributed by atoms with Crippen molar-refractivity contribution in [2.45, 2.75) is 19.8 Å². The molecule has 1 rings (SSSR count). The Morgan fingerprint density at radius 3 is 2.47 bits per heavy atom. The third kappa shape index (κ3) is 5.49. The third-order valence-corrected chi connectivity index (χ3v) is 2.48. The lowest BCUT2D eigenvalue weighted by atomic mass is 10.3. The normalized spacial score (nSPS) is 9.76. The number of halogens is 1. The Hall–Kier alpha value is -1.36. The monoisotopic (exact) mass is 299 g/mol. The number of carbonyl (C=O) groups is 2. The highest BCUT2D eigenvalue weighted by molar-refractivity contribution is 9.09. The number of amides is 1. The van der Waals surface area contributed by atoms with Crippen molar-refractivity contribution in [2.24, 2.45) is 0 Å². The maximum absolute atomic E-state index is 11.3. The van der Waals surface area contributed by atoms with E-state index < -0.39 is 0 Å². The highest BCUT2D eigenvalue weighted by Crippen LogP contribution is 2.16. The van der Waals surface area contributed by atoms with Gasteiger partial charge in [-0.05, 0) is 30.7 Å². The lowest BCUT2D eigenvalue weighted by Crippen LogP contribution is -2.08. The van der Waals surface area contributed by atoms with Crippen molar-refractivity contribution in [3.05, 3.63) is 24.3 Å². The van der Waals surface area contributed by atoms with Gasteiger partial charge in [0, 0.05) is 24.4 Å². The van der Waals surface area contributed by atoms with Crippen LogP contribution in [0, 0.1) is 0 Å². The second-order valence-electron chi connectivity index (χ2n) is 3.47. The molecule has 0 aliphatic rings. The van der Waals surface area contributed by atoms with Crippen molar-refractivity contribution in [1.29, 1.82) is 0 Å². The zero-order valence-corrected chi connectivity index (χ0v) is 11.1. The highest BCUT2D eigenvalue weighted by Gasteiger charge is 2.04. The number of carbonyl (C=O) groups excluding carboxylic acids is 2. The predicted octanol–water partition coefficient (Wildman–Crippen LogP) is 2.73.